The van der Waals surface area contributed by atoms with E-state index in [1.165, 1.54) is 4.90 Å². The van der Waals surface area contributed by atoms with E-state index in [1.54, 1.807) is 23.9 Å². The third kappa shape index (κ3) is 5.91. The minimum absolute atomic E-state index is 0.0414. The molecule has 5 heteroatoms. The summed E-state index contributed by atoms with van der Waals surface area (Å²) in [5.74, 6) is 0.900. The molecule has 116 valence electrons. The number of carbonyl (C=O) groups excluding carboxylic acids is 1. The van der Waals surface area contributed by atoms with Crippen LogP contribution in [0, 0.1) is 0 Å². The highest BCUT2D eigenvalue weighted by atomic mass is 35.5. The van der Waals surface area contributed by atoms with E-state index < -0.39 is 0 Å². The Bertz CT molecular complexity index is 619. The minimum atomic E-state index is 0.0414. The summed E-state index contributed by atoms with van der Waals surface area (Å²) in [5, 5.41) is 4.14. The summed E-state index contributed by atoms with van der Waals surface area (Å²) >= 11 is 13.7. The molecule has 0 aromatic heterocycles. The Morgan fingerprint density at radius 3 is 2.59 bits per heavy atom. The summed E-state index contributed by atoms with van der Waals surface area (Å²) in [6.45, 7) is 0.659. The van der Waals surface area contributed by atoms with E-state index in [1.807, 2.05) is 24.3 Å². The molecule has 0 bridgehead atoms. The van der Waals surface area contributed by atoms with E-state index in [0.29, 0.717) is 29.4 Å². The van der Waals surface area contributed by atoms with Gasteiger partial charge in [-0.1, -0.05) is 47.5 Å². The summed E-state index contributed by atoms with van der Waals surface area (Å²) < 4.78 is 0. The van der Waals surface area contributed by atoms with Crippen LogP contribution < -0.4 is 5.32 Å². The summed E-state index contributed by atoms with van der Waals surface area (Å²) in [6, 6.07) is 15.5. The molecule has 0 aliphatic carbocycles. The monoisotopic (exact) mass is 353 g/mol. The normalized spacial score (nSPS) is 10.5. The molecule has 0 saturated heterocycles. The summed E-state index contributed by atoms with van der Waals surface area (Å²) in [5.41, 5.74) is 0.944. The second-order valence-corrected chi connectivity index (χ2v) is 6.76. The van der Waals surface area contributed by atoms with Crippen molar-refractivity contribution in [1.82, 2.24) is 5.32 Å². The molecule has 0 atom stereocenters. The van der Waals surface area contributed by atoms with Gasteiger partial charge in [0, 0.05) is 33.7 Å². The third-order valence-electron chi connectivity index (χ3n) is 3.07. The van der Waals surface area contributed by atoms with Gasteiger partial charge in [-0.2, -0.15) is 0 Å². The van der Waals surface area contributed by atoms with Crippen molar-refractivity contribution in [3.8, 4) is 0 Å². The first kappa shape index (κ1) is 17.2. The number of carbonyl (C=O) groups is 1. The van der Waals surface area contributed by atoms with Gasteiger partial charge in [0.1, 0.15) is 0 Å². The average molecular weight is 354 g/mol. The number of rotatable bonds is 7. The molecule has 1 amide bonds. The predicted octanol–water partition coefficient (Wildman–Crippen LogP) is 4.83. The Balaban J connectivity index is 1.65. The van der Waals surface area contributed by atoms with Gasteiger partial charge in [0.05, 0.1) is 0 Å². The fraction of sp³-hybridized carbons (Fsp3) is 0.235. The number of aryl methyl sites for hydroxylation is 1. The number of thioether (sulfide) groups is 1. The Kier molecular flexibility index (Phi) is 7.10. The molecule has 0 saturated carbocycles. The van der Waals surface area contributed by atoms with Crippen molar-refractivity contribution in [2.75, 3.05) is 12.3 Å². The summed E-state index contributed by atoms with van der Waals surface area (Å²) in [7, 11) is 0. The van der Waals surface area contributed by atoms with Gasteiger partial charge in [0.2, 0.25) is 5.91 Å². The quantitative estimate of drug-likeness (QED) is 0.570. The molecular weight excluding hydrogens is 337 g/mol. The van der Waals surface area contributed by atoms with Crippen molar-refractivity contribution in [1.29, 1.82) is 0 Å². The molecule has 2 aromatic carbocycles. The SMILES string of the molecule is O=C(CCc1ccc(Cl)cc1Cl)NCCSc1ccccc1. The molecule has 0 fully saturated rings. The van der Waals surface area contributed by atoms with E-state index in [2.05, 4.69) is 17.4 Å². The molecule has 2 rings (SSSR count). The molecule has 1 N–H and O–H groups in total. The van der Waals surface area contributed by atoms with Gasteiger partial charge in [-0.25, -0.2) is 0 Å². The average Bonchev–Trinajstić information content (AvgIpc) is 2.52. The van der Waals surface area contributed by atoms with Crippen molar-refractivity contribution < 1.29 is 4.79 Å². The molecule has 2 nitrogen and oxygen atoms in total. The maximum Gasteiger partial charge on any atom is 0.220 e. The van der Waals surface area contributed by atoms with Crippen molar-refractivity contribution in [3.63, 3.8) is 0 Å². The van der Waals surface area contributed by atoms with Gasteiger partial charge in [-0.3, -0.25) is 4.79 Å². The van der Waals surface area contributed by atoms with Gasteiger partial charge < -0.3 is 5.32 Å². The topological polar surface area (TPSA) is 29.1 Å². The molecule has 0 heterocycles. The van der Waals surface area contributed by atoms with Crippen LogP contribution in [0.25, 0.3) is 0 Å². The zero-order valence-electron chi connectivity index (χ0n) is 12.0. The predicted molar refractivity (Wildman–Crippen MR) is 95.0 cm³/mol. The maximum absolute atomic E-state index is 11.8. The number of hydrogen-bond acceptors (Lipinski definition) is 2. The first-order valence-electron chi connectivity index (χ1n) is 7.03. The maximum atomic E-state index is 11.8. The third-order valence-corrected chi connectivity index (χ3v) is 4.67. The van der Waals surface area contributed by atoms with Crippen LogP contribution in [-0.2, 0) is 11.2 Å². The first-order valence-corrected chi connectivity index (χ1v) is 8.78. The Labute approximate surface area is 145 Å². The molecular formula is C17H17Cl2NOS. The van der Waals surface area contributed by atoms with Crippen LogP contribution in [0.2, 0.25) is 10.0 Å². The Morgan fingerprint density at radius 2 is 1.86 bits per heavy atom. The van der Waals surface area contributed by atoms with Crippen molar-refractivity contribution in [2.45, 2.75) is 17.7 Å². The lowest BCUT2D eigenvalue weighted by molar-refractivity contribution is -0.120. The lowest BCUT2D eigenvalue weighted by atomic mass is 10.1. The number of halogens is 2. The van der Waals surface area contributed by atoms with Gasteiger partial charge in [0.15, 0.2) is 0 Å². The lowest BCUT2D eigenvalue weighted by Gasteiger charge is -2.07. The van der Waals surface area contributed by atoms with Gasteiger partial charge >= 0.3 is 0 Å². The van der Waals surface area contributed by atoms with Gasteiger partial charge in [0.25, 0.3) is 0 Å². The standard InChI is InChI=1S/C17H17Cl2NOS/c18-14-8-6-13(16(19)12-14)7-9-17(21)20-10-11-22-15-4-2-1-3-5-15/h1-6,8,12H,7,9-11H2,(H,20,21). The zero-order valence-corrected chi connectivity index (χ0v) is 14.3. The molecule has 0 unspecified atom stereocenters. The van der Waals surface area contributed by atoms with Crippen LogP contribution in [0.4, 0.5) is 0 Å². The second kappa shape index (κ2) is 9.09. The number of hydrogen-bond donors (Lipinski definition) is 1. The smallest absolute Gasteiger partial charge is 0.220 e. The van der Waals surface area contributed by atoms with Crippen LogP contribution in [0.1, 0.15) is 12.0 Å². The van der Waals surface area contributed by atoms with Crippen LogP contribution >= 0.6 is 35.0 Å². The van der Waals surface area contributed by atoms with E-state index in [4.69, 9.17) is 23.2 Å². The van der Waals surface area contributed by atoms with E-state index in [9.17, 15) is 4.79 Å². The second-order valence-electron chi connectivity index (χ2n) is 4.75. The van der Waals surface area contributed by atoms with Crippen LogP contribution in [-0.4, -0.2) is 18.2 Å². The minimum Gasteiger partial charge on any atom is -0.355 e. The molecule has 0 radical (unpaired) electrons. The fourth-order valence-electron chi connectivity index (χ4n) is 1.94. The van der Waals surface area contributed by atoms with E-state index in [-0.39, 0.29) is 5.91 Å². The highest BCUT2D eigenvalue weighted by molar-refractivity contribution is 7.99. The highest BCUT2D eigenvalue weighted by Crippen LogP contribution is 2.22. The number of amides is 1. The lowest BCUT2D eigenvalue weighted by Crippen LogP contribution is -2.25. The molecule has 0 spiro atoms. The number of benzene rings is 2. The van der Waals surface area contributed by atoms with E-state index in [0.717, 1.165) is 11.3 Å². The molecule has 0 aliphatic rings. The summed E-state index contributed by atoms with van der Waals surface area (Å²) in [6.07, 6.45) is 1.05. The molecule has 2 aromatic rings. The Morgan fingerprint density at radius 1 is 1.09 bits per heavy atom. The van der Waals surface area contributed by atoms with Gasteiger partial charge in [-0.05, 0) is 36.2 Å². The summed E-state index contributed by atoms with van der Waals surface area (Å²) in [4.78, 5) is 13.0. The van der Waals surface area contributed by atoms with Crippen LogP contribution in [0.5, 0.6) is 0 Å². The van der Waals surface area contributed by atoms with Gasteiger partial charge in [-0.15, -0.1) is 11.8 Å². The first-order chi connectivity index (χ1) is 10.6. The highest BCUT2D eigenvalue weighted by Gasteiger charge is 2.05. The van der Waals surface area contributed by atoms with Crippen LogP contribution in [0.15, 0.2) is 53.4 Å². The van der Waals surface area contributed by atoms with Crippen molar-refractivity contribution in [3.05, 3.63) is 64.1 Å². The largest absolute Gasteiger partial charge is 0.355 e. The number of nitrogens with one attached hydrogen (secondary N) is 1. The molecule has 0 aliphatic heterocycles. The molecule has 22 heavy (non-hydrogen) atoms. The van der Waals surface area contributed by atoms with Crippen molar-refractivity contribution in [2.24, 2.45) is 0 Å². The van der Waals surface area contributed by atoms with Crippen LogP contribution in [0.3, 0.4) is 0 Å². The van der Waals surface area contributed by atoms with E-state index >= 15 is 0 Å². The van der Waals surface area contributed by atoms with Crippen molar-refractivity contribution >= 4 is 40.9 Å². The fourth-order valence-corrected chi connectivity index (χ4v) is 3.23. The zero-order chi connectivity index (χ0) is 15.8. The Hall–Kier alpha value is -1.16.